The van der Waals surface area contributed by atoms with Crippen LogP contribution in [0.4, 0.5) is 4.79 Å². The molecular weight excluding hydrogens is 352 g/mol. The average Bonchev–Trinajstić information content (AvgIpc) is 2.73. The first kappa shape index (κ1) is 20.2. The fourth-order valence-corrected chi connectivity index (χ4v) is 3.26. The second-order valence-electron chi connectivity index (χ2n) is 7.50. The lowest BCUT2D eigenvalue weighted by molar-refractivity contribution is 0.0827. The summed E-state index contributed by atoms with van der Waals surface area (Å²) in [6.45, 7) is 7.37. The standard InChI is InChI=1S/C23H30N2O3/c1-18(2)20-8-10-22(11-9-20)27-15-12-21-16-25(14-13-24-21)23(26)28-17-19-6-4-3-5-7-19/h3-11,18,21,24H,12-17H2,1-2H3/t21-/m1/s1. The van der Waals surface area contributed by atoms with E-state index >= 15 is 0 Å². The summed E-state index contributed by atoms with van der Waals surface area (Å²) >= 11 is 0. The summed E-state index contributed by atoms with van der Waals surface area (Å²) in [5, 5.41) is 3.46. The lowest BCUT2D eigenvalue weighted by Gasteiger charge is -2.33. The molecule has 3 rings (SSSR count). The van der Waals surface area contributed by atoms with E-state index < -0.39 is 0 Å². The molecule has 0 saturated carbocycles. The minimum atomic E-state index is -0.249. The smallest absolute Gasteiger partial charge is 0.410 e. The first-order valence-electron chi connectivity index (χ1n) is 10.0. The summed E-state index contributed by atoms with van der Waals surface area (Å²) in [5.74, 6) is 1.41. The van der Waals surface area contributed by atoms with Crippen LogP contribution in [0.3, 0.4) is 0 Å². The molecule has 1 N–H and O–H groups in total. The van der Waals surface area contributed by atoms with Gasteiger partial charge in [0.05, 0.1) is 6.61 Å². The molecule has 0 unspecified atom stereocenters. The molecule has 0 aliphatic carbocycles. The Hall–Kier alpha value is -2.53. The van der Waals surface area contributed by atoms with E-state index in [9.17, 15) is 4.79 Å². The van der Waals surface area contributed by atoms with Gasteiger partial charge in [0.25, 0.3) is 0 Å². The molecular formula is C23H30N2O3. The molecule has 2 aromatic rings. The highest BCUT2D eigenvalue weighted by molar-refractivity contribution is 5.67. The van der Waals surface area contributed by atoms with Crippen molar-refractivity contribution >= 4 is 6.09 Å². The van der Waals surface area contributed by atoms with Gasteiger partial charge in [-0.3, -0.25) is 0 Å². The van der Waals surface area contributed by atoms with Crippen molar-refractivity contribution in [2.75, 3.05) is 26.2 Å². The first-order chi connectivity index (χ1) is 13.6. The maximum atomic E-state index is 12.3. The van der Waals surface area contributed by atoms with Crippen molar-refractivity contribution in [2.24, 2.45) is 0 Å². The maximum Gasteiger partial charge on any atom is 0.410 e. The minimum absolute atomic E-state index is 0.216. The van der Waals surface area contributed by atoms with Crippen LogP contribution in [-0.2, 0) is 11.3 Å². The molecule has 0 radical (unpaired) electrons. The number of hydrogen-bond acceptors (Lipinski definition) is 4. The SMILES string of the molecule is CC(C)c1ccc(OCC[C@@H]2CN(C(=O)OCc3ccccc3)CCN2)cc1. The summed E-state index contributed by atoms with van der Waals surface area (Å²) in [7, 11) is 0. The monoisotopic (exact) mass is 382 g/mol. The second kappa shape index (κ2) is 10.1. The van der Waals surface area contributed by atoms with Gasteiger partial charge in [0.2, 0.25) is 0 Å². The zero-order valence-electron chi connectivity index (χ0n) is 16.8. The van der Waals surface area contributed by atoms with E-state index in [4.69, 9.17) is 9.47 Å². The number of nitrogens with one attached hydrogen (secondary N) is 1. The highest BCUT2D eigenvalue weighted by atomic mass is 16.6. The highest BCUT2D eigenvalue weighted by Gasteiger charge is 2.24. The summed E-state index contributed by atoms with van der Waals surface area (Å²) in [4.78, 5) is 14.1. The van der Waals surface area contributed by atoms with Crippen LogP contribution < -0.4 is 10.1 Å². The number of carbonyl (C=O) groups excluding carboxylic acids is 1. The predicted octanol–water partition coefficient (Wildman–Crippen LogP) is 4.19. The van der Waals surface area contributed by atoms with Crippen LogP contribution in [0, 0.1) is 0 Å². The van der Waals surface area contributed by atoms with Crippen molar-refractivity contribution in [1.29, 1.82) is 0 Å². The predicted molar refractivity (Wildman–Crippen MR) is 111 cm³/mol. The Labute approximate surface area is 167 Å². The summed E-state index contributed by atoms with van der Waals surface area (Å²) in [5.41, 5.74) is 2.31. The molecule has 0 spiro atoms. The lowest BCUT2D eigenvalue weighted by Crippen LogP contribution is -2.53. The fourth-order valence-electron chi connectivity index (χ4n) is 3.26. The number of nitrogens with zero attached hydrogens (tertiary/aromatic N) is 1. The molecule has 1 amide bonds. The zero-order valence-corrected chi connectivity index (χ0v) is 16.8. The molecule has 1 saturated heterocycles. The Bertz CT molecular complexity index is 731. The Morgan fingerprint density at radius 2 is 1.89 bits per heavy atom. The normalized spacial score (nSPS) is 16.8. The molecule has 1 fully saturated rings. The summed E-state index contributed by atoms with van der Waals surface area (Å²) in [6.07, 6.45) is 0.592. The third kappa shape index (κ3) is 5.99. The minimum Gasteiger partial charge on any atom is -0.494 e. The Morgan fingerprint density at radius 3 is 2.61 bits per heavy atom. The Morgan fingerprint density at radius 1 is 1.14 bits per heavy atom. The lowest BCUT2D eigenvalue weighted by atomic mass is 10.0. The van der Waals surface area contributed by atoms with E-state index in [0.29, 0.717) is 32.2 Å². The molecule has 5 nitrogen and oxygen atoms in total. The van der Waals surface area contributed by atoms with Gasteiger partial charge in [0.15, 0.2) is 0 Å². The Balaban J connectivity index is 1.40. The van der Waals surface area contributed by atoms with E-state index in [2.05, 4.69) is 31.3 Å². The molecule has 2 aromatic carbocycles. The first-order valence-corrected chi connectivity index (χ1v) is 10.0. The van der Waals surface area contributed by atoms with E-state index in [1.54, 1.807) is 4.90 Å². The van der Waals surface area contributed by atoms with Gasteiger partial charge < -0.3 is 19.7 Å². The van der Waals surface area contributed by atoms with Crippen molar-refractivity contribution < 1.29 is 14.3 Å². The molecule has 28 heavy (non-hydrogen) atoms. The van der Waals surface area contributed by atoms with Gasteiger partial charge in [-0.05, 0) is 35.6 Å². The molecule has 1 heterocycles. The van der Waals surface area contributed by atoms with Crippen molar-refractivity contribution in [3.63, 3.8) is 0 Å². The molecule has 1 aliphatic heterocycles. The molecule has 150 valence electrons. The highest BCUT2D eigenvalue weighted by Crippen LogP contribution is 2.19. The number of piperazine rings is 1. The van der Waals surface area contributed by atoms with Gasteiger partial charge >= 0.3 is 6.09 Å². The van der Waals surface area contributed by atoms with Crippen LogP contribution >= 0.6 is 0 Å². The van der Waals surface area contributed by atoms with E-state index in [1.165, 1.54) is 5.56 Å². The molecule has 5 heteroatoms. The van der Waals surface area contributed by atoms with Gasteiger partial charge in [-0.2, -0.15) is 0 Å². The topological polar surface area (TPSA) is 50.8 Å². The maximum absolute atomic E-state index is 12.3. The van der Waals surface area contributed by atoms with Crippen molar-refractivity contribution in [2.45, 2.75) is 38.8 Å². The molecule has 0 bridgehead atoms. The van der Waals surface area contributed by atoms with E-state index in [-0.39, 0.29) is 12.1 Å². The number of amides is 1. The zero-order chi connectivity index (χ0) is 19.8. The quantitative estimate of drug-likeness (QED) is 0.780. The summed E-state index contributed by atoms with van der Waals surface area (Å²) in [6, 6.07) is 18.2. The van der Waals surface area contributed by atoms with Gasteiger partial charge in [0, 0.05) is 25.7 Å². The van der Waals surface area contributed by atoms with Crippen LogP contribution in [-0.4, -0.2) is 43.3 Å². The van der Waals surface area contributed by atoms with Crippen molar-refractivity contribution in [3.05, 3.63) is 65.7 Å². The third-order valence-electron chi connectivity index (χ3n) is 5.00. The van der Waals surface area contributed by atoms with Crippen LogP contribution in [0.15, 0.2) is 54.6 Å². The average molecular weight is 383 g/mol. The van der Waals surface area contributed by atoms with Crippen LogP contribution in [0.1, 0.15) is 37.3 Å². The van der Waals surface area contributed by atoms with Crippen LogP contribution in [0.25, 0.3) is 0 Å². The summed E-state index contributed by atoms with van der Waals surface area (Å²) < 4.78 is 11.3. The Kier molecular flexibility index (Phi) is 7.31. The van der Waals surface area contributed by atoms with Crippen LogP contribution in [0.2, 0.25) is 0 Å². The number of hydrogen-bond donors (Lipinski definition) is 1. The third-order valence-corrected chi connectivity index (χ3v) is 5.00. The van der Waals surface area contributed by atoms with E-state index in [0.717, 1.165) is 24.3 Å². The number of carbonyl (C=O) groups is 1. The number of rotatable bonds is 7. The van der Waals surface area contributed by atoms with Crippen LogP contribution in [0.5, 0.6) is 5.75 Å². The molecule has 1 atom stereocenters. The van der Waals surface area contributed by atoms with Gasteiger partial charge in [-0.1, -0.05) is 56.3 Å². The molecule has 0 aromatic heterocycles. The number of benzene rings is 2. The van der Waals surface area contributed by atoms with Gasteiger partial charge in [-0.15, -0.1) is 0 Å². The second-order valence-corrected chi connectivity index (χ2v) is 7.50. The van der Waals surface area contributed by atoms with Gasteiger partial charge in [-0.25, -0.2) is 4.79 Å². The largest absolute Gasteiger partial charge is 0.494 e. The fraction of sp³-hybridized carbons (Fsp3) is 0.435. The molecule has 1 aliphatic rings. The van der Waals surface area contributed by atoms with Gasteiger partial charge in [0.1, 0.15) is 12.4 Å². The van der Waals surface area contributed by atoms with Crippen molar-refractivity contribution in [3.8, 4) is 5.75 Å². The van der Waals surface area contributed by atoms with Crippen molar-refractivity contribution in [1.82, 2.24) is 10.2 Å². The number of ether oxygens (including phenoxy) is 2. The van der Waals surface area contributed by atoms with E-state index in [1.807, 2.05) is 42.5 Å².